The quantitative estimate of drug-likeness (QED) is 0.925. The summed E-state index contributed by atoms with van der Waals surface area (Å²) < 4.78 is 0. The van der Waals surface area contributed by atoms with Crippen LogP contribution in [-0.4, -0.2) is 4.98 Å². The number of aryl methyl sites for hydroxylation is 1. The molecule has 0 saturated carbocycles. The molecule has 2 nitrogen and oxygen atoms in total. The highest BCUT2D eigenvalue weighted by Crippen LogP contribution is 2.25. The van der Waals surface area contributed by atoms with E-state index in [-0.39, 0.29) is 6.04 Å². The van der Waals surface area contributed by atoms with Crippen LogP contribution in [0.15, 0.2) is 36.7 Å². The number of hydrogen-bond donors (Lipinski definition) is 1. The van der Waals surface area contributed by atoms with Gasteiger partial charge in [0.25, 0.3) is 0 Å². The minimum absolute atomic E-state index is 0.0910. The van der Waals surface area contributed by atoms with Crippen molar-refractivity contribution in [3.05, 3.63) is 63.4 Å². The van der Waals surface area contributed by atoms with E-state index in [1.165, 1.54) is 0 Å². The normalized spacial score (nSPS) is 12.4. The van der Waals surface area contributed by atoms with Crippen LogP contribution >= 0.6 is 23.2 Å². The van der Waals surface area contributed by atoms with Crippen molar-refractivity contribution in [2.75, 3.05) is 0 Å². The van der Waals surface area contributed by atoms with Gasteiger partial charge < -0.3 is 5.73 Å². The molecule has 0 radical (unpaired) electrons. The topological polar surface area (TPSA) is 38.9 Å². The highest BCUT2D eigenvalue weighted by molar-refractivity contribution is 6.35. The van der Waals surface area contributed by atoms with Gasteiger partial charge in [0.2, 0.25) is 0 Å². The lowest BCUT2D eigenvalue weighted by Gasteiger charge is -2.15. The van der Waals surface area contributed by atoms with Gasteiger partial charge in [0.15, 0.2) is 0 Å². The third-order valence-electron chi connectivity index (χ3n) is 2.92. The minimum atomic E-state index is -0.0910. The van der Waals surface area contributed by atoms with E-state index in [9.17, 15) is 0 Å². The number of nitrogens with zero attached hydrogens (tertiary/aromatic N) is 1. The van der Waals surface area contributed by atoms with Crippen LogP contribution in [0.1, 0.15) is 22.7 Å². The molecule has 1 aromatic carbocycles. The summed E-state index contributed by atoms with van der Waals surface area (Å²) >= 11 is 12.0. The zero-order valence-corrected chi connectivity index (χ0v) is 11.5. The number of aromatic nitrogens is 1. The molecular formula is C14H14Cl2N2. The molecule has 1 unspecified atom stereocenters. The number of pyridine rings is 1. The molecule has 0 amide bonds. The second-order valence-corrected chi connectivity index (χ2v) is 5.12. The Labute approximate surface area is 117 Å². The van der Waals surface area contributed by atoms with Gasteiger partial charge in [-0.2, -0.15) is 0 Å². The van der Waals surface area contributed by atoms with Crippen LogP contribution in [0.2, 0.25) is 10.0 Å². The fraction of sp³-hybridized carbons (Fsp3) is 0.214. The maximum atomic E-state index is 6.22. The van der Waals surface area contributed by atoms with E-state index < -0.39 is 0 Å². The predicted octanol–water partition coefficient (Wildman–Crippen LogP) is 3.94. The van der Waals surface area contributed by atoms with Gasteiger partial charge in [-0.05, 0) is 48.2 Å². The van der Waals surface area contributed by atoms with Crippen LogP contribution in [0.5, 0.6) is 0 Å². The summed E-state index contributed by atoms with van der Waals surface area (Å²) in [5.74, 6) is 0. The van der Waals surface area contributed by atoms with Crippen molar-refractivity contribution in [3.8, 4) is 0 Å². The lowest BCUT2D eigenvalue weighted by Crippen LogP contribution is -2.15. The molecule has 4 heteroatoms. The highest BCUT2D eigenvalue weighted by Gasteiger charge is 2.11. The molecule has 0 aliphatic rings. The fourth-order valence-corrected chi connectivity index (χ4v) is 2.42. The van der Waals surface area contributed by atoms with E-state index in [0.29, 0.717) is 16.5 Å². The monoisotopic (exact) mass is 280 g/mol. The van der Waals surface area contributed by atoms with E-state index in [1.54, 1.807) is 12.3 Å². The molecule has 94 valence electrons. The van der Waals surface area contributed by atoms with Crippen molar-refractivity contribution in [3.63, 3.8) is 0 Å². The Morgan fingerprint density at radius 3 is 2.72 bits per heavy atom. The van der Waals surface area contributed by atoms with Crippen LogP contribution in [-0.2, 0) is 6.42 Å². The Balaban J connectivity index is 2.21. The summed E-state index contributed by atoms with van der Waals surface area (Å²) in [6.45, 7) is 2.01. The van der Waals surface area contributed by atoms with Crippen LogP contribution in [0, 0.1) is 6.92 Å². The molecular weight excluding hydrogens is 267 g/mol. The molecule has 0 fully saturated rings. The molecule has 18 heavy (non-hydrogen) atoms. The minimum Gasteiger partial charge on any atom is -0.324 e. The van der Waals surface area contributed by atoms with Gasteiger partial charge in [-0.3, -0.25) is 4.98 Å². The first-order chi connectivity index (χ1) is 8.58. The lowest BCUT2D eigenvalue weighted by molar-refractivity contribution is 0.715. The number of halogens is 2. The number of hydrogen-bond acceptors (Lipinski definition) is 2. The summed E-state index contributed by atoms with van der Waals surface area (Å²) in [5.41, 5.74) is 9.41. The van der Waals surface area contributed by atoms with E-state index >= 15 is 0 Å². The highest BCUT2D eigenvalue weighted by atomic mass is 35.5. The largest absolute Gasteiger partial charge is 0.324 e. The summed E-state index contributed by atoms with van der Waals surface area (Å²) in [5, 5.41) is 1.29. The first kappa shape index (κ1) is 13.3. The van der Waals surface area contributed by atoms with E-state index in [4.69, 9.17) is 28.9 Å². The Morgan fingerprint density at radius 1 is 1.28 bits per heavy atom. The van der Waals surface area contributed by atoms with E-state index in [0.717, 1.165) is 16.7 Å². The molecule has 2 N–H and O–H groups in total. The van der Waals surface area contributed by atoms with Crippen molar-refractivity contribution < 1.29 is 0 Å². The van der Waals surface area contributed by atoms with Gasteiger partial charge in [-0.15, -0.1) is 0 Å². The van der Waals surface area contributed by atoms with Gasteiger partial charge in [0.1, 0.15) is 0 Å². The molecule has 0 bridgehead atoms. The van der Waals surface area contributed by atoms with Crippen molar-refractivity contribution in [2.45, 2.75) is 19.4 Å². The molecule has 2 rings (SSSR count). The van der Waals surface area contributed by atoms with Gasteiger partial charge in [-0.1, -0.05) is 29.3 Å². The zero-order chi connectivity index (χ0) is 13.1. The molecule has 2 aromatic rings. The van der Waals surface area contributed by atoms with Crippen molar-refractivity contribution >= 4 is 23.2 Å². The van der Waals surface area contributed by atoms with Crippen molar-refractivity contribution in [1.29, 1.82) is 0 Å². The number of rotatable bonds is 3. The second-order valence-electron chi connectivity index (χ2n) is 4.28. The predicted molar refractivity (Wildman–Crippen MR) is 76.1 cm³/mol. The molecule has 1 aromatic heterocycles. The SMILES string of the molecule is Cc1cnccc1C(N)Cc1ccc(Cl)cc1Cl. The van der Waals surface area contributed by atoms with Gasteiger partial charge in [0, 0.05) is 28.5 Å². The molecule has 0 aliphatic carbocycles. The molecule has 0 spiro atoms. The first-order valence-corrected chi connectivity index (χ1v) is 6.43. The smallest absolute Gasteiger partial charge is 0.0453 e. The van der Waals surface area contributed by atoms with Gasteiger partial charge in [0.05, 0.1) is 0 Å². The van der Waals surface area contributed by atoms with Gasteiger partial charge in [-0.25, -0.2) is 0 Å². The summed E-state index contributed by atoms with van der Waals surface area (Å²) in [4.78, 5) is 4.06. The number of benzene rings is 1. The van der Waals surface area contributed by atoms with Crippen LogP contribution in [0.4, 0.5) is 0 Å². The Morgan fingerprint density at radius 2 is 2.06 bits per heavy atom. The van der Waals surface area contributed by atoms with E-state index in [1.807, 2.05) is 31.3 Å². The Kier molecular flexibility index (Phi) is 4.23. The van der Waals surface area contributed by atoms with Crippen LogP contribution < -0.4 is 5.73 Å². The average Bonchev–Trinajstić information content (AvgIpc) is 2.33. The maximum Gasteiger partial charge on any atom is 0.0453 e. The first-order valence-electron chi connectivity index (χ1n) is 5.68. The Bertz CT molecular complexity index is 555. The third-order valence-corrected chi connectivity index (χ3v) is 3.51. The van der Waals surface area contributed by atoms with Gasteiger partial charge >= 0.3 is 0 Å². The third kappa shape index (κ3) is 3.02. The van der Waals surface area contributed by atoms with E-state index in [2.05, 4.69) is 4.98 Å². The maximum absolute atomic E-state index is 6.22. The number of nitrogens with two attached hydrogens (primary N) is 1. The molecule has 0 aliphatic heterocycles. The van der Waals surface area contributed by atoms with Crippen molar-refractivity contribution in [1.82, 2.24) is 4.98 Å². The standard InChI is InChI=1S/C14H14Cl2N2/c1-9-8-18-5-4-12(9)14(17)6-10-2-3-11(15)7-13(10)16/h2-5,7-8,14H,6,17H2,1H3. The van der Waals surface area contributed by atoms with Crippen LogP contribution in [0.25, 0.3) is 0 Å². The van der Waals surface area contributed by atoms with Crippen LogP contribution in [0.3, 0.4) is 0 Å². The summed E-state index contributed by atoms with van der Waals surface area (Å²) in [6, 6.07) is 7.34. The second kappa shape index (κ2) is 5.70. The molecule has 1 heterocycles. The summed E-state index contributed by atoms with van der Waals surface area (Å²) in [7, 11) is 0. The zero-order valence-electron chi connectivity index (χ0n) is 10.0. The molecule has 1 atom stereocenters. The lowest BCUT2D eigenvalue weighted by atomic mass is 9.97. The average molecular weight is 281 g/mol. The fourth-order valence-electron chi connectivity index (χ4n) is 1.93. The summed E-state index contributed by atoms with van der Waals surface area (Å²) in [6.07, 6.45) is 4.26. The molecule has 0 saturated heterocycles. The Hall–Kier alpha value is -1.09. The van der Waals surface area contributed by atoms with Crippen molar-refractivity contribution in [2.24, 2.45) is 5.73 Å².